The molecule has 2 heterocycles. The van der Waals surface area contributed by atoms with Gasteiger partial charge in [0, 0.05) is 36.0 Å². The van der Waals surface area contributed by atoms with Gasteiger partial charge in [-0.15, -0.1) is 0 Å². The van der Waals surface area contributed by atoms with E-state index in [9.17, 15) is 0 Å². The predicted molar refractivity (Wildman–Crippen MR) is 71.2 cm³/mol. The van der Waals surface area contributed by atoms with Gasteiger partial charge in [-0.1, -0.05) is 13.8 Å². The minimum atomic E-state index is 0.602. The third-order valence-corrected chi connectivity index (χ3v) is 3.02. The molecule has 0 aliphatic heterocycles. The quantitative estimate of drug-likeness (QED) is 0.903. The second-order valence-electron chi connectivity index (χ2n) is 4.39. The van der Waals surface area contributed by atoms with Crippen LogP contribution in [0.4, 0.5) is 5.13 Å². The Balaban J connectivity index is 2.16. The van der Waals surface area contributed by atoms with Crippen LogP contribution in [0.15, 0.2) is 18.5 Å². The summed E-state index contributed by atoms with van der Waals surface area (Å²) in [6.45, 7) is 7.28. The maximum Gasteiger partial charge on any atom is 0.202 e. The summed E-state index contributed by atoms with van der Waals surface area (Å²) in [7, 11) is 0. The monoisotopic (exact) mass is 248 g/mol. The summed E-state index contributed by atoms with van der Waals surface area (Å²) in [4.78, 5) is 8.55. The predicted octanol–water partition coefficient (Wildman–Crippen LogP) is 2.98. The van der Waals surface area contributed by atoms with Crippen molar-refractivity contribution in [2.24, 2.45) is 5.92 Å². The number of anilines is 1. The topological polar surface area (TPSA) is 50.7 Å². The van der Waals surface area contributed by atoms with Crippen molar-refractivity contribution in [2.75, 3.05) is 11.9 Å². The molecule has 0 saturated carbocycles. The molecule has 0 amide bonds. The molecule has 17 heavy (non-hydrogen) atoms. The Hall–Kier alpha value is -1.49. The fourth-order valence-electron chi connectivity index (χ4n) is 1.42. The van der Waals surface area contributed by atoms with Crippen molar-refractivity contribution in [3.8, 4) is 11.4 Å². The van der Waals surface area contributed by atoms with E-state index in [4.69, 9.17) is 0 Å². The van der Waals surface area contributed by atoms with Gasteiger partial charge in [0.25, 0.3) is 0 Å². The fraction of sp³-hybridized carbons (Fsp3) is 0.417. The molecule has 0 radical (unpaired) electrons. The van der Waals surface area contributed by atoms with E-state index < -0.39 is 0 Å². The molecule has 0 saturated heterocycles. The lowest BCUT2D eigenvalue weighted by Gasteiger charge is -2.04. The molecule has 0 aliphatic carbocycles. The zero-order valence-electron chi connectivity index (χ0n) is 10.3. The molecule has 0 unspecified atom stereocenters. The van der Waals surface area contributed by atoms with E-state index in [1.807, 2.05) is 19.2 Å². The average molecular weight is 248 g/mol. The molecule has 2 aromatic rings. The summed E-state index contributed by atoms with van der Waals surface area (Å²) in [5.74, 6) is 1.38. The second-order valence-corrected chi connectivity index (χ2v) is 5.14. The normalized spacial score (nSPS) is 10.8. The van der Waals surface area contributed by atoms with Crippen LogP contribution < -0.4 is 5.32 Å². The van der Waals surface area contributed by atoms with E-state index in [-0.39, 0.29) is 0 Å². The van der Waals surface area contributed by atoms with Crippen LogP contribution in [-0.2, 0) is 0 Å². The molecule has 0 aliphatic rings. The molecule has 0 aromatic carbocycles. The van der Waals surface area contributed by atoms with Crippen molar-refractivity contribution in [3.05, 3.63) is 24.0 Å². The van der Waals surface area contributed by atoms with Gasteiger partial charge < -0.3 is 5.32 Å². The molecule has 1 N–H and O–H groups in total. The van der Waals surface area contributed by atoms with E-state index in [1.54, 1.807) is 6.20 Å². The van der Waals surface area contributed by atoms with Crippen molar-refractivity contribution in [1.29, 1.82) is 0 Å². The molecule has 5 heteroatoms. The summed E-state index contributed by atoms with van der Waals surface area (Å²) >= 11 is 1.40. The molecule has 4 nitrogen and oxygen atoms in total. The average Bonchev–Trinajstić information content (AvgIpc) is 2.75. The minimum absolute atomic E-state index is 0.602. The van der Waals surface area contributed by atoms with Gasteiger partial charge in [0.2, 0.25) is 5.13 Å². The summed E-state index contributed by atoms with van der Waals surface area (Å²) in [5.41, 5.74) is 2.15. The Kier molecular flexibility index (Phi) is 3.68. The van der Waals surface area contributed by atoms with Crippen LogP contribution in [0.25, 0.3) is 11.4 Å². The Morgan fingerprint density at radius 2 is 2.24 bits per heavy atom. The Morgan fingerprint density at radius 1 is 1.41 bits per heavy atom. The first-order valence-corrected chi connectivity index (χ1v) is 6.42. The van der Waals surface area contributed by atoms with Crippen LogP contribution in [0, 0.1) is 12.8 Å². The highest BCUT2D eigenvalue weighted by Gasteiger charge is 2.08. The number of nitrogens with one attached hydrogen (secondary N) is 1. The van der Waals surface area contributed by atoms with E-state index >= 15 is 0 Å². The van der Waals surface area contributed by atoms with Crippen LogP contribution >= 0.6 is 11.5 Å². The maximum atomic E-state index is 4.48. The van der Waals surface area contributed by atoms with Gasteiger partial charge in [-0.25, -0.2) is 0 Å². The molecule has 2 rings (SSSR count). The zero-order chi connectivity index (χ0) is 12.3. The van der Waals surface area contributed by atoms with Crippen molar-refractivity contribution >= 4 is 16.7 Å². The highest BCUT2D eigenvalue weighted by molar-refractivity contribution is 7.09. The Labute approximate surface area is 105 Å². The first-order chi connectivity index (χ1) is 8.16. The van der Waals surface area contributed by atoms with Gasteiger partial charge in [0.05, 0.1) is 0 Å². The summed E-state index contributed by atoms with van der Waals surface area (Å²) in [5, 5.41) is 4.16. The van der Waals surface area contributed by atoms with Gasteiger partial charge in [-0.3, -0.25) is 4.98 Å². The van der Waals surface area contributed by atoms with Crippen LogP contribution in [0.1, 0.15) is 19.4 Å². The number of hydrogen-bond acceptors (Lipinski definition) is 5. The molecular formula is C12H16N4S. The first-order valence-electron chi connectivity index (χ1n) is 5.65. The lowest BCUT2D eigenvalue weighted by atomic mass is 10.1. The van der Waals surface area contributed by atoms with E-state index in [0.717, 1.165) is 28.6 Å². The maximum absolute atomic E-state index is 4.48. The number of nitrogens with zero attached hydrogens (tertiary/aromatic N) is 3. The number of hydrogen-bond donors (Lipinski definition) is 1. The Morgan fingerprint density at radius 3 is 2.94 bits per heavy atom. The standard InChI is InChI=1S/C12H16N4S/c1-8(2)6-14-12-15-11(16-17-12)10-4-5-13-7-9(10)3/h4-5,7-8H,6H2,1-3H3,(H,14,15,16). The van der Waals surface area contributed by atoms with E-state index in [2.05, 4.69) is 33.5 Å². The molecule has 2 aromatic heterocycles. The molecule has 90 valence electrons. The first kappa shape index (κ1) is 12.0. The van der Waals surface area contributed by atoms with Crippen molar-refractivity contribution in [1.82, 2.24) is 14.3 Å². The third kappa shape index (κ3) is 3.00. The summed E-state index contributed by atoms with van der Waals surface area (Å²) < 4.78 is 4.37. The van der Waals surface area contributed by atoms with Crippen molar-refractivity contribution in [2.45, 2.75) is 20.8 Å². The smallest absolute Gasteiger partial charge is 0.202 e. The zero-order valence-corrected chi connectivity index (χ0v) is 11.1. The molecule has 0 bridgehead atoms. The largest absolute Gasteiger partial charge is 0.360 e. The summed E-state index contributed by atoms with van der Waals surface area (Å²) in [6, 6.07) is 1.95. The number of aryl methyl sites for hydroxylation is 1. The van der Waals surface area contributed by atoms with E-state index in [0.29, 0.717) is 5.92 Å². The van der Waals surface area contributed by atoms with Crippen molar-refractivity contribution < 1.29 is 0 Å². The van der Waals surface area contributed by atoms with Crippen molar-refractivity contribution in [3.63, 3.8) is 0 Å². The Bertz CT molecular complexity index is 493. The lowest BCUT2D eigenvalue weighted by molar-refractivity contribution is 0.688. The van der Waals surface area contributed by atoms with Crippen LogP contribution in [-0.4, -0.2) is 20.9 Å². The fourth-order valence-corrected chi connectivity index (χ4v) is 2.01. The SMILES string of the molecule is Cc1cnccc1-c1nsc(NCC(C)C)n1. The van der Waals surface area contributed by atoms with Gasteiger partial charge in [0.1, 0.15) is 0 Å². The number of pyridine rings is 1. The molecule has 0 spiro atoms. The van der Waals surface area contributed by atoms with Gasteiger partial charge in [-0.05, 0) is 24.5 Å². The van der Waals surface area contributed by atoms with Gasteiger partial charge in [-0.2, -0.15) is 9.36 Å². The van der Waals surface area contributed by atoms with Crippen LogP contribution in [0.2, 0.25) is 0 Å². The van der Waals surface area contributed by atoms with Crippen LogP contribution in [0.3, 0.4) is 0 Å². The van der Waals surface area contributed by atoms with Crippen LogP contribution in [0.5, 0.6) is 0 Å². The van der Waals surface area contributed by atoms with Gasteiger partial charge in [0.15, 0.2) is 5.82 Å². The van der Waals surface area contributed by atoms with Gasteiger partial charge >= 0.3 is 0 Å². The highest BCUT2D eigenvalue weighted by atomic mass is 32.1. The summed E-state index contributed by atoms with van der Waals surface area (Å²) in [6.07, 6.45) is 3.60. The molecule has 0 fully saturated rings. The lowest BCUT2D eigenvalue weighted by Crippen LogP contribution is -2.07. The number of rotatable bonds is 4. The number of aromatic nitrogens is 3. The third-order valence-electron chi connectivity index (χ3n) is 2.35. The molecule has 0 atom stereocenters. The highest BCUT2D eigenvalue weighted by Crippen LogP contribution is 2.23. The van der Waals surface area contributed by atoms with E-state index in [1.165, 1.54) is 11.5 Å². The second kappa shape index (κ2) is 5.23. The molecular weight excluding hydrogens is 232 g/mol. The minimum Gasteiger partial charge on any atom is -0.360 e.